The van der Waals surface area contributed by atoms with Crippen molar-refractivity contribution in [2.75, 3.05) is 13.2 Å². The molecule has 6 N–H and O–H groups in total. The second-order valence-electron chi connectivity index (χ2n) is 20.1. The van der Waals surface area contributed by atoms with Crippen molar-refractivity contribution in [3.05, 3.63) is 215 Å². The second-order valence-corrected chi connectivity index (χ2v) is 20.1. The number of ether oxygens (including phenoxy) is 9. The van der Waals surface area contributed by atoms with Crippen molar-refractivity contribution in [3.8, 4) is 0 Å². The minimum absolute atomic E-state index is 0.0288. The van der Waals surface area contributed by atoms with Crippen LogP contribution in [0.1, 0.15) is 66.7 Å². The third-order valence-electron chi connectivity index (χ3n) is 14.6. The van der Waals surface area contributed by atoms with Gasteiger partial charge >= 0.3 is 5.91 Å². The largest absolute Gasteiger partial charge is 0.394 e. The van der Waals surface area contributed by atoms with Crippen molar-refractivity contribution in [3.63, 3.8) is 0 Å². The number of aliphatic hydroxyl groups is 5. The van der Waals surface area contributed by atoms with E-state index in [1.54, 1.807) is 49.4 Å². The van der Waals surface area contributed by atoms with Gasteiger partial charge in [-0.25, -0.2) is 4.90 Å². The van der Waals surface area contributed by atoms with Crippen molar-refractivity contribution in [1.82, 2.24) is 10.2 Å². The third-order valence-corrected chi connectivity index (χ3v) is 14.6. The van der Waals surface area contributed by atoms with Gasteiger partial charge in [0.05, 0.1) is 63.0 Å². The highest BCUT2D eigenvalue weighted by molar-refractivity contribution is 6.22. The molecule has 3 saturated heterocycles. The van der Waals surface area contributed by atoms with E-state index in [2.05, 4.69) is 5.32 Å². The van der Waals surface area contributed by atoms with Gasteiger partial charge in [-0.2, -0.15) is 0 Å². The summed E-state index contributed by atoms with van der Waals surface area (Å²) in [5.74, 6) is -6.81. The lowest BCUT2D eigenvalue weighted by Crippen LogP contribution is -2.85. The minimum atomic E-state index is -3.58. The number of hydrogen-bond donors (Lipinski definition) is 6. The molecule has 80 heavy (non-hydrogen) atoms. The Hall–Kier alpha value is -6.63. The molecule has 6 aromatic carbocycles. The Morgan fingerprint density at radius 3 is 1.60 bits per heavy atom. The lowest BCUT2D eigenvalue weighted by atomic mass is 9.87. The molecule has 0 saturated carbocycles. The van der Waals surface area contributed by atoms with Gasteiger partial charge in [-0.3, -0.25) is 19.7 Å². The number of rotatable bonds is 21. The molecular formula is C61H64N2O17. The molecule has 3 amide bonds. The molecule has 4 aliphatic heterocycles. The number of nitrogens with zero attached hydrogens (tertiary/aromatic N) is 1. The van der Waals surface area contributed by atoms with E-state index in [4.69, 9.17) is 42.6 Å². The number of hydrogen-bond acceptors (Lipinski definition) is 17. The van der Waals surface area contributed by atoms with E-state index in [1.807, 2.05) is 97.1 Å². The average Bonchev–Trinajstić information content (AvgIpc) is 3.88. The molecule has 3 fully saturated rings. The smallest absolute Gasteiger partial charge is 0.303 e. The van der Waals surface area contributed by atoms with Crippen LogP contribution in [0.2, 0.25) is 0 Å². The zero-order valence-electron chi connectivity index (χ0n) is 43.7. The van der Waals surface area contributed by atoms with Crippen LogP contribution in [0.3, 0.4) is 0 Å². The van der Waals surface area contributed by atoms with Crippen LogP contribution < -0.4 is 5.32 Å². The number of carbonyl (C=O) groups excluding carboxylic acids is 3. The SMILES string of the molecule is C[C@@H]1O[C@@H](O[C@H]2[C@H](O[C@H]3C[C@@H](O)[C@@H](O)[C@@H](CO)O3)[C@@H](COCc3ccccc3)O[C@](O)(NC(=O)c3ccccc3)[C@@]2(O)N2C(=O)c3ccccc3C2=O)[C@@H](OCc2ccccc2)[C@H](OCc2ccccc2)[C@@H]1OCc1ccccc1. The summed E-state index contributed by atoms with van der Waals surface area (Å²) in [7, 11) is 0. The fraction of sp³-hybridized carbons (Fsp3) is 0.361. The number of amides is 3. The monoisotopic (exact) mass is 1100 g/mol. The fourth-order valence-electron chi connectivity index (χ4n) is 10.5. The number of benzene rings is 6. The highest BCUT2D eigenvalue weighted by atomic mass is 16.8. The Morgan fingerprint density at radius 2 is 1.07 bits per heavy atom. The Morgan fingerprint density at radius 1 is 0.600 bits per heavy atom. The van der Waals surface area contributed by atoms with E-state index in [0.717, 1.165) is 22.3 Å². The molecular weight excluding hydrogens is 1030 g/mol. The first kappa shape index (κ1) is 56.6. The quantitative estimate of drug-likeness (QED) is 0.0420. The predicted octanol–water partition coefficient (Wildman–Crippen LogP) is 4.76. The van der Waals surface area contributed by atoms with Gasteiger partial charge < -0.3 is 68.2 Å². The zero-order chi connectivity index (χ0) is 55.8. The van der Waals surface area contributed by atoms with Crippen LogP contribution in [-0.2, 0) is 69.1 Å². The number of carbonyl (C=O) groups is 3. The van der Waals surface area contributed by atoms with Crippen LogP contribution in [0.4, 0.5) is 0 Å². The van der Waals surface area contributed by atoms with Crippen LogP contribution in [0.15, 0.2) is 176 Å². The van der Waals surface area contributed by atoms with E-state index in [1.165, 1.54) is 36.4 Å². The summed E-state index contributed by atoms with van der Waals surface area (Å²) in [6.45, 7) is 0.483. The molecule has 0 radical (unpaired) electrons. The van der Waals surface area contributed by atoms with Gasteiger partial charge in [0.2, 0.25) is 0 Å². The van der Waals surface area contributed by atoms with Crippen molar-refractivity contribution in [2.24, 2.45) is 0 Å². The molecule has 14 atom stereocenters. The zero-order valence-corrected chi connectivity index (χ0v) is 43.7. The number of nitrogens with one attached hydrogen (secondary N) is 1. The molecule has 19 nitrogen and oxygen atoms in total. The maximum Gasteiger partial charge on any atom is 0.303 e. The summed E-state index contributed by atoms with van der Waals surface area (Å²) in [4.78, 5) is 45.1. The fourth-order valence-corrected chi connectivity index (χ4v) is 10.5. The number of fused-ring (bicyclic) bond motifs is 1. The molecule has 10 rings (SSSR count). The molecule has 0 bridgehead atoms. The molecule has 6 aromatic rings. The van der Waals surface area contributed by atoms with Gasteiger partial charge in [0.25, 0.3) is 23.4 Å². The summed E-state index contributed by atoms with van der Waals surface area (Å²) >= 11 is 0. The second kappa shape index (κ2) is 25.4. The van der Waals surface area contributed by atoms with E-state index in [9.17, 15) is 30.3 Å². The maximum atomic E-state index is 15.1. The van der Waals surface area contributed by atoms with Crippen LogP contribution in [0.25, 0.3) is 0 Å². The van der Waals surface area contributed by atoms with Gasteiger partial charge in [0, 0.05) is 12.0 Å². The Balaban J connectivity index is 1.14. The number of imide groups is 1. The molecule has 0 aromatic heterocycles. The highest BCUT2D eigenvalue weighted by Crippen LogP contribution is 2.47. The Labute approximate surface area is 462 Å². The van der Waals surface area contributed by atoms with Gasteiger partial charge in [0.15, 0.2) is 12.6 Å². The molecule has 0 aliphatic carbocycles. The van der Waals surface area contributed by atoms with Crippen LogP contribution >= 0.6 is 0 Å². The Bertz CT molecular complexity index is 2950. The van der Waals surface area contributed by atoms with Crippen molar-refractivity contribution < 1.29 is 82.5 Å². The van der Waals surface area contributed by atoms with Crippen molar-refractivity contribution >= 4 is 17.7 Å². The normalized spacial score (nSPS) is 30.4. The van der Waals surface area contributed by atoms with E-state index in [0.29, 0.717) is 4.90 Å². The van der Waals surface area contributed by atoms with Crippen molar-refractivity contribution in [2.45, 2.75) is 125 Å². The molecule has 420 valence electrons. The average molecular weight is 1100 g/mol. The summed E-state index contributed by atoms with van der Waals surface area (Å²) in [6.07, 6.45) is -18.3. The summed E-state index contributed by atoms with van der Waals surface area (Å²) < 4.78 is 60.1. The minimum Gasteiger partial charge on any atom is -0.394 e. The lowest BCUT2D eigenvalue weighted by Gasteiger charge is -2.58. The number of aliphatic hydroxyl groups excluding tert-OH is 3. The Kier molecular flexibility index (Phi) is 18.0. The first-order valence-electron chi connectivity index (χ1n) is 26.5. The first-order chi connectivity index (χ1) is 38.8. The summed E-state index contributed by atoms with van der Waals surface area (Å²) in [6, 6.07) is 50.5. The third kappa shape index (κ3) is 12.2. The van der Waals surface area contributed by atoms with Crippen LogP contribution in [0.5, 0.6) is 0 Å². The molecule has 4 heterocycles. The van der Waals surface area contributed by atoms with Gasteiger partial charge in [-0.15, -0.1) is 0 Å². The lowest BCUT2D eigenvalue weighted by molar-refractivity contribution is -0.452. The van der Waals surface area contributed by atoms with Crippen LogP contribution in [-0.4, -0.2) is 147 Å². The first-order valence-corrected chi connectivity index (χ1v) is 26.5. The van der Waals surface area contributed by atoms with Crippen LogP contribution in [0, 0.1) is 0 Å². The van der Waals surface area contributed by atoms with Gasteiger partial charge in [0.1, 0.15) is 48.8 Å². The highest BCUT2D eigenvalue weighted by Gasteiger charge is 2.74. The van der Waals surface area contributed by atoms with E-state index in [-0.39, 0.29) is 43.1 Å². The molecule has 19 heteroatoms. The topological polar surface area (TPSA) is 251 Å². The van der Waals surface area contributed by atoms with E-state index < -0.39 is 123 Å². The molecule has 0 unspecified atom stereocenters. The standard InChI is InChI=1S/C61H64N2O17/c1-38-51(73-34-40-21-9-3-10-22-40)53(74-35-41-23-11-4-12-24-41)54(75-36-42-25-13-5-14-26-42)59(76-38)79-55-52(78-49-31-46(65)50(66)47(32-64)77-49)48(37-72-33-39-19-7-2-8-20-39)80-61(71,62-56(67)43-27-15-6-16-28-43)60(55,70)63-57(68)44-29-17-18-30-45(44)58(63)69/h2-30,38,46-55,59,64-66,70-71H,31-37H2,1H3,(H,62,67)/t38-,46+,47+,48+,49-,50+,51+,52+,53+,54-,55-,59-,60+,61-/m0/s1. The molecule has 4 aliphatic rings. The summed E-state index contributed by atoms with van der Waals surface area (Å²) in [5.41, 5.74) is -0.871. The van der Waals surface area contributed by atoms with Gasteiger partial charge in [-0.1, -0.05) is 152 Å². The predicted molar refractivity (Wildman–Crippen MR) is 283 cm³/mol. The van der Waals surface area contributed by atoms with Gasteiger partial charge in [-0.05, 0) is 53.4 Å². The van der Waals surface area contributed by atoms with E-state index >= 15 is 9.59 Å². The maximum absolute atomic E-state index is 15.1. The summed E-state index contributed by atoms with van der Waals surface area (Å²) in [5, 5.41) is 62.5. The molecule has 0 spiro atoms. The van der Waals surface area contributed by atoms with Crippen molar-refractivity contribution in [1.29, 1.82) is 0 Å².